The fourth-order valence-electron chi connectivity index (χ4n) is 1.64. The third kappa shape index (κ3) is 9.19. The van der Waals surface area contributed by atoms with E-state index < -0.39 is 5.97 Å². The van der Waals surface area contributed by atoms with Gasteiger partial charge in [0.25, 0.3) is 0 Å². The Labute approximate surface area is 152 Å². The van der Waals surface area contributed by atoms with Gasteiger partial charge in [-0.25, -0.2) is 14.8 Å². The molecular formula is C17H26N2O5S. The fraction of sp³-hybridized carbons (Fsp3) is 0.588. The predicted octanol–water partition coefficient (Wildman–Crippen LogP) is 2.86. The Kier molecular flexibility index (Phi) is 12.3. The van der Waals surface area contributed by atoms with Gasteiger partial charge in [-0.3, -0.25) is 9.59 Å². The first-order valence-corrected chi connectivity index (χ1v) is 9.40. The van der Waals surface area contributed by atoms with Gasteiger partial charge < -0.3 is 9.47 Å². The maximum absolute atomic E-state index is 11.5. The molecule has 25 heavy (non-hydrogen) atoms. The Morgan fingerprint density at radius 2 is 1.72 bits per heavy atom. The van der Waals surface area contributed by atoms with Crippen LogP contribution in [0.4, 0.5) is 0 Å². The molecule has 0 aliphatic rings. The van der Waals surface area contributed by atoms with E-state index in [1.54, 1.807) is 20.8 Å². The summed E-state index contributed by atoms with van der Waals surface area (Å²) in [5.41, 5.74) is 1.21. The van der Waals surface area contributed by atoms with Gasteiger partial charge in [-0.1, -0.05) is 25.6 Å². The van der Waals surface area contributed by atoms with Gasteiger partial charge in [-0.15, -0.1) is 0 Å². The van der Waals surface area contributed by atoms with E-state index in [4.69, 9.17) is 4.74 Å². The van der Waals surface area contributed by atoms with Crippen LogP contribution < -0.4 is 0 Å². The maximum Gasteiger partial charge on any atom is 0.341 e. The van der Waals surface area contributed by atoms with E-state index in [1.807, 2.05) is 13.2 Å². The SMILES string of the molecule is CCOC(=O)CC(=O)CC.CCOC(=O)c1cnc(SC)nc1CC. The highest BCUT2D eigenvalue weighted by Crippen LogP contribution is 2.13. The molecule has 0 amide bonds. The number of Topliss-reactive ketones (excluding diaryl/α,β-unsaturated/α-hetero) is 1. The highest BCUT2D eigenvalue weighted by molar-refractivity contribution is 7.98. The lowest BCUT2D eigenvalue weighted by Gasteiger charge is -2.06. The second-order valence-electron chi connectivity index (χ2n) is 4.67. The molecule has 140 valence electrons. The van der Waals surface area contributed by atoms with Crippen LogP contribution in [-0.2, 0) is 25.5 Å². The van der Waals surface area contributed by atoms with Crippen molar-refractivity contribution in [3.05, 3.63) is 17.5 Å². The van der Waals surface area contributed by atoms with Crippen molar-refractivity contribution in [1.29, 1.82) is 0 Å². The van der Waals surface area contributed by atoms with Gasteiger partial charge >= 0.3 is 11.9 Å². The summed E-state index contributed by atoms with van der Waals surface area (Å²) in [7, 11) is 0. The van der Waals surface area contributed by atoms with Crippen molar-refractivity contribution in [1.82, 2.24) is 9.97 Å². The van der Waals surface area contributed by atoms with E-state index in [2.05, 4.69) is 14.7 Å². The van der Waals surface area contributed by atoms with E-state index >= 15 is 0 Å². The molecule has 0 atom stereocenters. The third-order valence-electron chi connectivity index (χ3n) is 2.90. The van der Waals surface area contributed by atoms with Gasteiger partial charge in [-0.2, -0.15) is 0 Å². The number of ether oxygens (including phenoxy) is 2. The number of carbonyl (C=O) groups is 3. The summed E-state index contributed by atoms with van der Waals surface area (Å²) in [5, 5.41) is 0.680. The van der Waals surface area contributed by atoms with Crippen molar-refractivity contribution < 1.29 is 23.9 Å². The number of thioether (sulfide) groups is 1. The summed E-state index contributed by atoms with van der Waals surface area (Å²) in [6, 6.07) is 0. The van der Waals surface area contributed by atoms with Crippen molar-refractivity contribution in [2.24, 2.45) is 0 Å². The summed E-state index contributed by atoms with van der Waals surface area (Å²) in [5.74, 6) is -0.838. The van der Waals surface area contributed by atoms with E-state index in [-0.39, 0.29) is 18.2 Å². The highest BCUT2D eigenvalue weighted by atomic mass is 32.2. The molecule has 0 saturated heterocycles. The zero-order chi connectivity index (χ0) is 19.2. The average Bonchev–Trinajstić information content (AvgIpc) is 2.61. The number of hydrogen-bond acceptors (Lipinski definition) is 8. The van der Waals surface area contributed by atoms with Gasteiger partial charge in [0.05, 0.1) is 24.5 Å². The minimum absolute atomic E-state index is 0.0709. The molecule has 0 unspecified atom stereocenters. The number of rotatable bonds is 8. The molecule has 0 radical (unpaired) electrons. The van der Waals surface area contributed by atoms with Crippen molar-refractivity contribution in [3.63, 3.8) is 0 Å². The van der Waals surface area contributed by atoms with Gasteiger partial charge in [0.15, 0.2) is 5.16 Å². The van der Waals surface area contributed by atoms with Crippen molar-refractivity contribution >= 4 is 29.5 Å². The Morgan fingerprint density at radius 1 is 1.08 bits per heavy atom. The highest BCUT2D eigenvalue weighted by Gasteiger charge is 2.13. The Hall–Kier alpha value is -1.96. The quantitative estimate of drug-likeness (QED) is 0.298. The fourth-order valence-corrected chi connectivity index (χ4v) is 2.00. The standard InChI is InChI=1S/C10H14N2O2S.C7H12O3/c1-4-8-7(9(13)14-5-2)6-11-10(12-8)15-3;1-3-6(8)5-7(9)10-4-2/h6H,4-5H2,1-3H3;3-5H2,1-2H3. The van der Waals surface area contributed by atoms with E-state index in [1.165, 1.54) is 18.0 Å². The summed E-state index contributed by atoms with van der Waals surface area (Å²) in [6.07, 6.45) is 4.46. The normalized spacial score (nSPS) is 9.64. The van der Waals surface area contributed by atoms with Gasteiger partial charge in [0.1, 0.15) is 12.2 Å². The van der Waals surface area contributed by atoms with Crippen LogP contribution in [0.1, 0.15) is 56.6 Å². The van der Waals surface area contributed by atoms with Gasteiger partial charge in [0, 0.05) is 12.6 Å². The van der Waals surface area contributed by atoms with E-state index in [9.17, 15) is 14.4 Å². The number of hydrogen-bond donors (Lipinski definition) is 0. The number of aromatic nitrogens is 2. The lowest BCUT2D eigenvalue weighted by molar-refractivity contribution is -0.145. The Balaban J connectivity index is 0.000000504. The summed E-state index contributed by atoms with van der Waals surface area (Å²) in [4.78, 5) is 41.0. The van der Waals surface area contributed by atoms with Crippen LogP contribution in [0, 0.1) is 0 Å². The summed E-state index contributed by atoms with van der Waals surface area (Å²) >= 11 is 1.46. The van der Waals surface area contributed by atoms with Gasteiger partial charge in [0.2, 0.25) is 0 Å². The number of esters is 2. The summed E-state index contributed by atoms with van der Waals surface area (Å²) in [6.45, 7) is 7.88. The van der Waals surface area contributed by atoms with Gasteiger partial charge in [-0.05, 0) is 26.5 Å². The minimum Gasteiger partial charge on any atom is -0.466 e. The molecule has 1 aromatic rings. The number of ketones is 1. The van der Waals surface area contributed by atoms with E-state index in [0.29, 0.717) is 36.8 Å². The van der Waals surface area contributed by atoms with Crippen molar-refractivity contribution in [2.45, 2.75) is 52.1 Å². The monoisotopic (exact) mass is 370 g/mol. The van der Waals surface area contributed by atoms with Crippen LogP contribution in [0.25, 0.3) is 0 Å². The summed E-state index contributed by atoms with van der Waals surface area (Å²) < 4.78 is 9.47. The molecule has 0 saturated carbocycles. The zero-order valence-electron chi connectivity index (χ0n) is 15.5. The number of aryl methyl sites for hydroxylation is 1. The minimum atomic E-state index is -0.422. The molecule has 8 heteroatoms. The number of nitrogens with zero attached hydrogens (tertiary/aromatic N) is 2. The second kappa shape index (κ2) is 13.3. The molecule has 0 aliphatic heterocycles. The lowest BCUT2D eigenvalue weighted by Crippen LogP contribution is -2.10. The molecule has 0 aromatic carbocycles. The second-order valence-corrected chi connectivity index (χ2v) is 5.44. The van der Waals surface area contributed by atoms with Crippen LogP contribution in [0.15, 0.2) is 11.4 Å². The zero-order valence-corrected chi connectivity index (χ0v) is 16.3. The third-order valence-corrected chi connectivity index (χ3v) is 3.46. The molecule has 1 heterocycles. The molecule has 0 aliphatic carbocycles. The molecule has 1 rings (SSSR count). The molecule has 0 spiro atoms. The largest absolute Gasteiger partial charge is 0.466 e. The van der Waals surface area contributed by atoms with Crippen LogP contribution in [0.2, 0.25) is 0 Å². The Bertz CT molecular complexity index is 578. The first-order valence-electron chi connectivity index (χ1n) is 8.17. The number of carbonyl (C=O) groups excluding carboxylic acids is 3. The van der Waals surface area contributed by atoms with Crippen molar-refractivity contribution in [3.8, 4) is 0 Å². The van der Waals surface area contributed by atoms with E-state index in [0.717, 1.165) is 5.69 Å². The van der Waals surface area contributed by atoms with Crippen LogP contribution in [-0.4, -0.2) is 47.2 Å². The molecule has 0 fully saturated rings. The van der Waals surface area contributed by atoms with Crippen LogP contribution in [0.3, 0.4) is 0 Å². The maximum atomic E-state index is 11.5. The van der Waals surface area contributed by atoms with Crippen LogP contribution in [0.5, 0.6) is 0 Å². The first-order chi connectivity index (χ1) is 11.9. The molecule has 0 N–H and O–H groups in total. The molecule has 7 nitrogen and oxygen atoms in total. The first kappa shape index (κ1) is 23.0. The molecular weight excluding hydrogens is 344 g/mol. The predicted molar refractivity (Wildman–Crippen MR) is 95.7 cm³/mol. The molecule has 0 bridgehead atoms. The average molecular weight is 370 g/mol. The Morgan fingerprint density at radius 3 is 2.20 bits per heavy atom. The lowest BCUT2D eigenvalue weighted by atomic mass is 10.2. The molecule has 1 aromatic heterocycles. The smallest absolute Gasteiger partial charge is 0.341 e. The van der Waals surface area contributed by atoms with Crippen molar-refractivity contribution in [2.75, 3.05) is 19.5 Å². The topological polar surface area (TPSA) is 95.5 Å². The van der Waals surface area contributed by atoms with Crippen LogP contribution >= 0.6 is 11.8 Å².